The first-order valence-corrected chi connectivity index (χ1v) is 18.2. The summed E-state index contributed by atoms with van der Waals surface area (Å²) < 4.78 is 8.95. The van der Waals surface area contributed by atoms with Crippen LogP contribution < -0.4 is 0 Å². The van der Waals surface area contributed by atoms with Gasteiger partial charge in [-0.2, -0.15) is 0 Å². The molecule has 1 aliphatic carbocycles. The monoisotopic (exact) mass is 688 g/mol. The number of furan rings is 1. The van der Waals surface area contributed by atoms with Crippen LogP contribution in [-0.4, -0.2) is 19.5 Å². The number of fused-ring (bicyclic) bond motifs is 9. The van der Waals surface area contributed by atoms with E-state index in [-0.39, 0.29) is 0 Å². The van der Waals surface area contributed by atoms with Gasteiger partial charge in [-0.1, -0.05) is 133 Å². The fourth-order valence-electron chi connectivity index (χ4n) is 8.69. The first-order valence-electron chi connectivity index (χ1n) is 18.2. The van der Waals surface area contributed by atoms with E-state index >= 15 is 0 Å². The highest BCUT2D eigenvalue weighted by molar-refractivity contribution is 6.25. The molecule has 0 spiro atoms. The first kappa shape index (κ1) is 29.2. The van der Waals surface area contributed by atoms with Crippen LogP contribution in [0.2, 0.25) is 0 Å². The molecule has 250 valence electrons. The molecule has 0 radical (unpaired) electrons. The lowest BCUT2D eigenvalue weighted by molar-refractivity contribution is 0.669. The maximum absolute atomic E-state index is 6.62. The van der Waals surface area contributed by atoms with E-state index in [1.54, 1.807) is 0 Å². The third-order valence-electron chi connectivity index (χ3n) is 11.0. The molecule has 0 fully saturated rings. The van der Waals surface area contributed by atoms with Crippen molar-refractivity contribution in [3.05, 3.63) is 170 Å². The summed E-state index contributed by atoms with van der Waals surface area (Å²) in [5.41, 5.74) is 12.4. The highest BCUT2D eigenvalue weighted by Crippen LogP contribution is 2.54. The van der Waals surface area contributed by atoms with Gasteiger partial charge in [-0.3, -0.25) is 0 Å². The van der Waals surface area contributed by atoms with E-state index in [1.807, 2.05) is 30.3 Å². The predicted molar refractivity (Wildman–Crippen MR) is 220 cm³/mol. The quantitative estimate of drug-likeness (QED) is 0.185. The van der Waals surface area contributed by atoms with E-state index in [1.165, 1.54) is 32.7 Å². The van der Waals surface area contributed by atoms with Gasteiger partial charge in [-0.05, 0) is 63.9 Å². The lowest BCUT2D eigenvalue weighted by Gasteiger charge is -2.14. The van der Waals surface area contributed by atoms with Crippen LogP contribution in [0.3, 0.4) is 0 Å². The lowest BCUT2D eigenvalue weighted by Crippen LogP contribution is -2.02. The molecule has 3 aromatic heterocycles. The molecule has 3 heterocycles. The van der Waals surface area contributed by atoms with E-state index in [2.05, 4.69) is 144 Å². The van der Waals surface area contributed by atoms with Crippen molar-refractivity contribution in [2.75, 3.05) is 0 Å². The highest BCUT2D eigenvalue weighted by atomic mass is 16.3. The Bertz CT molecular complexity index is 3280. The van der Waals surface area contributed by atoms with E-state index in [0.29, 0.717) is 17.5 Å². The fourth-order valence-corrected chi connectivity index (χ4v) is 8.69. The van der Waals surface area contributed by atoms with Crippen molar-refractivity contribution >= 4 is 54.5 Å². The Labute approximate surface area is 309 Å². The van der Waals surface area contributed by atoms with Crippen molar-refractivity contribution in [1.82, 2.24) is 19.5 Å². The van der Waals surface area contributed by atoms with Crippen LogP contribution in [0.5, 0.6) is 0 Å². The van der Waals surface area contributed by atoms with Crippen LogP contribution in [0, 0.1) is 0 Å². The van der Waals surface area contributed by atoms with Crippen LogP contribution in [0.4, 0.5) is 0 Å². The van der Waals surface area contributed by atoms with Crippen LogP contribution >= 0.6 is 0 Å². The van der Waals surface area contributed by atoms with Gasteiger partial charge in [0.15, 0.2) is 17.5 Å². The minimum atomic E-state index is 0.605. The van der Waals surface area contributed by atoms with Crippen molar-refractivity contribution in [3.8, 4) is 62.1 Å². The number of hydrogen-bond acceptors (Lipinski definition) is 4. The Kier molecular flexibility index (Phi) is 5.99. The number of aromatic nitrogens is 4. The van der Waals surface area contributed by atoms with Gasteiger partial charge in [-0.25, -0.2) is 15.0 Å². The van der Waals surface area contributed by atoms with Gasteiger partial charge in [-0.15, -0.1) is 0 Å². The van der Waals surface area contributed by atoms with Crippen LogP contribution in [-0.2, 0) is 0 Å². The number of rotatable bonds is 4. The number of benzene rings is 8. The Morgan fingerprint density at radius 1 is 0.389 bits per heavy atom. The van der Waals surface area contributed by atoms with Crippen LogP contribution in [0.15, 0.2) is 174 Å². The van der Waals surface area contributed by atoms with Crippen molar-refractivity contribution < 1.29 is 4.42 Å². The molecule has 1 aliphatic rings. The average Bonchev–Trinajstić information content (AvgIpc) is 3.89. The maximum atomic E-state index is 6.62. The summed E-state index contributed by atoms with van der Waals surface area (Å²) in [5.74, 6) is 1.83. The van der Waals surface area contributed by atoms with E-state index in [9.17, 15) is 0 Å². The van der Waals surface area contributed by atoms with Gasteiger partial charge in [0.1, 0.15) is 11.2 Å². The Balaban J connectivity index is 1.16. The molecule has 0 unspecified atom stereocenters. The molecular formula is C49H28N4O. The summed E-state index contributed by atoms with van der Waals surface area (Å²) >= 11 is 0. The Hall–Kier alpha value is -7.37. The smallest absolute Gasteiger partial charge is 0.165 e. The molecule has 0 atom stereocenters. The first-order chi connectivity index (χ1) is 26.8. The van der Waals surface area contributed by atoms with Crippen molar-refractivity contribution in [3.63, 3.8) is 0 Å². The Morgan fingerprint density at radius 3 is 1.78 bits per heavy atom. The molecule has 5 nitrogen and oxygen atoms in total. The second-order valence-electron chi connectivity index (χ2n) is 13.9. The molecule has 12 rings (SSSR count). The molecule has 0 bridgehead atoms. The summed E-state index contributed by atoms with van der Waals surface area (Å²) in [6.07, 6.45) is 0. The molecule has 0 aliphatic heterocycles. The number of hydrogen-bond donors (Lipinski definition) is 0. The van der Waals surface area contributed by atoms with Crippen molar-refractivity contribution in [2.24, 2.45) is 0 Å². The maximum Gasteiger partial charge on any atom is 0.165 e. The lowest BCUT2D eigenvalue weighted by atomic mass is 9.93. The van der Waals surface area contributed by atoms with Gasteiger partial charge in [0, 0.05) is 49.5 Å². The highest BCUT2D eigenvalue weighted by Gasteiger charge is 2.30. The van der Waals surface area contributed by atoms with Gasteiger partial charge in [0.05, 0.1) is 11.0 Å². The van der Waals surface area contributed by atoms with Crippen molar-refractivity contribution in [2.45, 2.75) is 0 Å². The topological polar surface area (TPSA) is 56.7 Å². The standard InChI is InChI=1S/C49H28N4O/c1-2-13-30(14-3-1)47-50-48(31-17-10-18-32(27-31)53-39-24-7-4-19-33(39)34-20-5-8-25-40(34)53)52-49(51-47)46-44-37-23-12-16-29-15-11-22-35(43(29)37)38(44)28-42-45(46)36-21-6-9-26-41(36)54-42/h1-28H. The molecule has 0 saturated heterocycles. The fraction of sp³-hybridized carbons (Fsp3) is 0. The third-order valence-corrected chi connectivity index (χ3v) is 11.0. The number of nitrogens with zero attached hydrogens (tertiary/aromatic N) is 4. The molecule has 0 saturated carbocycles. The SMILES string of the molecule is c1ccc(-c2nc(-c3cccc(-n4c5ccccc5c5ccccc54)c3)nc(-c3c4c(cc5oc6ccccc6c35)-c3cccc5cccc-4c35)n2)cc1. The summed E-state index contributed by atoms with van der Waals surface area (Å²) in [4.78, 5) is 15.9. The van der Waals surface area contributed by atoms with E-state index < -0.39 is 0 Å². The minimum absolute atomic E-state index is 0.605. The van der Waals surface area contributed by atoms with Crippen molar-refractivity contribution in [1.29, 1.82) is 0 Å². The van der Waals surface area contributed by atoms with Gasteiger partial charge in [0.2, 0.25) is 0 Å². The van der Waals surface area contributed by atoms with Crippen LogP contribution in [0.25, 0.3) is 117 Å². The normalized spacial score (nSPS) is 12.1. The van der Waals surface area contributed by atoms with E-state index in [0.717, 1.165) is 66.5 Å². The van der Waals surface area contributed by atoms with E-state index in [4.69, 9.17) is 19.4 Å². The van der Waals surface area contributed by atoms with Gasteiger partial charge >= 0.3 is 0 Å². The summed E-state index contributed by atoms with van der Waals surface area (Å²) in [6.45, 7) is 0. The molecule has 11 aromatic rings. The zero-order chi connectivity index (χ0) is 35.3. The largest absolute Gasteiger partial charge is 0.456 e. The predicted octanol–water partition coefficient (Wildman–Crippen LogP) is 12.7. The average molecular weight is 689 g/mol. The van der Waals surface area contributed by atoms with Gasteiger partial charge < -0.3 is 8.98 Å². The molecule has 0 N–H and O–H groups in total. The van der Waals surface area contributed by atoms with Crippen LogP contribution in [0.1, 0.15) is 0 Å². The molecule has 54 heavy (non-hydrogen) atoms. The number of para-hydroxylation sites is 3. The third kappa shape index (κ3) is 4.12. The minimum Gasteiger partial charge on any atom is -0.456 e. The Morgan fingerprint density at radius 2 is 1.00 bits per heavy atom. The summed E-state index contributed by atoms with van der Waals surface area (Å²) in [6, 6.07) is 59.5. The zero-order valence-electron chi connectivity index (χ0n) is 28.9. The molecule has 0 amide bonds. The second-order valence-corrected chi connectivity index (χ2v) is 13.9. The zero-order valence-corrected chi connectivity index (χ0v) is 28.9. The molecular weight excluding hydrogens is 661 g/mol. The molecule has 8 aromatic carbocycles. The molecule has 5 heteroatoms. The second kappa shape index (κ2) is 11.1. The van der Waals surface area contributed by atoms with Gasteiger partial charge in [0.25, 0.3) is 0 Å². The summed E-state index contributed by atoms with van der Waals surface area (Å²) in [5, 5.41) is 6.92. The summed E-state index contributed by atoms with van der Waals surface area (Å²) in [7, 11) is 0.